The summed E-state index contributed by atoms with van der Waals surface area (Å²) in [5.74, 6) is -18.1. The second kappa shape index (κ2) is 42.8. The number of thioether (sulfide) groups is 1. The van der Waals surface area contributed by atoms with E-state index in [9.17, 15) is 97.1 Å². The Morgan fingerprint density at radius 1 is 0.562 bits per heavy atom. The fraction of sp³-hybridized carbons (Fsp3) is 0.559. The summed E-state index contributed by atoms with van der Waals surface area (Å²) in [7, 11) is 0. The van der Waals surface area contributed by atoms with Crippen LogP contribution in [-0.4, -0.2) is 234 Å². The molecule has 4 rings (SSSR count). The van der Waals surface area contributed by atoms with Gasteiger partial charge in [-0.05, 0) is 107 Å². The number of hydrogen-bond acceptors (Lipinski definition) is 20. The quantitative estimate of drug-likeness (QED) is 0.0253. The van der Waals surface area contributed by atoms with Crippen LogP contribution in [0.4, 0.5) is 0 Å². The van der Waals surface area contributed by atoms with E-state index >= 15 is 0 Å². The molecule has 0 spiro atoms. The van der Waals surface area contributed by atoms with Gasteiger partial charge in [-0.2, -0.15) is 24.4 Å². The van der Waals surface area contributed by atoms with Gasteiger partial charge < -0.3 is 100 Å². The molecule has 1 fully saturated rings. The summed E-state index contributed by atoms with van der Waals surface area (Å²) in [6, 6.07) is -3.34. The second-order valence-corrected chi connectivity index (χ2v) is 27.7. The Bertz CT molecular complexity index is 3580. The number of para-hydroxylation sites is 1. The van der Waals surface area contributed by atoms with E-state index in [1.807, 2.05) is 24.3 Å². The van der Waals surface area contributed by atoms with Crippen molar-refractivity contribution in [1.82, 2.24) is 68.4 Å². The number of carbonyl (C=O) groups excluding carboxylic acids is 13. The third-order valence-corrected chi connectivity index (χ3v) is 18.0. The molecule has 0 unspecified atom stereocenters. The minimum Gasteiger partial charge on any atom is -0.481 e. The Morgan fingerprint density at radius 2 is 1.08 bits per heavy atom. The van der Waals surface area contributed by atoms with Crippen molar-refractivity contribution < 1.29 is 97.1 Å². The summed E-state index contributed by atoms with van der Waals surface area (Å²) in [6.07, 6.45) is -1.29. The number of hydrogen-bond donors (Lipinski definition) is 19. The molecule has 0 radical (unpaired) electrons. The number of likely N-dealkylation sites (tertiary alicyclic amines) is 1. The van der Waals surface area contributed by atoms with E-state index < -0.39 is 217 Å². The number of aromatic nitrogens is 1. The van der Waals surface area contributed by atoms with E-state index in [-0.39, 0.29) is 62.5 Å². The number of aliphatic carboxylic acids is 3. The Balaban J connectivity index is 1.43. The SMILES string of the molecule is CSCC[C@H](NC(=O)[C@H](C)NC(=O)[C@@H](NC(=O)[C@H](CS)NC(=O)[C@H](CC(C)C)NC(=O)[C@H](Cc1ccccc1)NC(=O)[C@@H](N)Cc1c[nH]c2ccccc12)[C@@H](C)O)C(=O)N[C@@H](CCC(=O)O)C(=O)N[C@@H](C)C(=O)N[C@@H](CC(=O)O)C(=O)N[C@@H](CCC(N)=O)C(=O)N1CCC[C@H]1C(=O)N[C@H](C(=O)O)C(C)C. The molecule has 2 aromatic carbocycles. The molecular formula is C68H99N15O20S2. The monoisotopic (exact) mass is 1510 g/mol. The predicted molar refractivity (Wildman–Crippen MR) is 385 cm³/mol. The smallest absolute Gasteiger partial charge is 0.326 e. The van der Waals surface area contributed by atoms with Gasteiger partial charge in [0.2, 0.25) is 76.8 Å². The first-order chi connectivity index (χ1) is 49.5. The second-order valence-electron chi connectivity index (χ2n) is 26.4. The number of thiol groups is 1. The zero-order chi connectivity index (χ0) is 78.5. The fourth-order valence-corrected chi connectivity index (χ4v) is 11.9. The highest BCUT2D eigenvalue weighted by atomic mass is 32.2. The Morgan fingerprint density at radius 3 is 1.66 bits per heavy atom. The van der Waals surface area contributed by atoms with E-state index in [0.717, 1.165) is 35.2 Å². The molecule has 0 bridgehead atoms. The number of nitrogens with two attached hydrogens (primary N) is 2. The number of primary amides is 1. The maximum Gasteiger partial charge on any atom is 0.326 e. The molecule has 2 heterocycles. The van der Waals surface area contributed by atoms with Gasteiger partial charge in [0.1, 0.15) is 72.5 Å². The summed E-state index contributed by atoms with van der Waals surface area (Å²) < 4.78 is 0. The van der Waals surface area contributed by atoms with Crippen LogP contribution >= 0.6 is 24.4 Å². The highest BCUT2D eigenvalue weighted by molar-refractivity contribution is 7.98. The minimum atomic E-state index is -1.99. The number of rotatable bonds is 44. The van der Waals surface area contributed by atoms with E-state index in [2.05, 4.69) is 76.1 Å². The average Bonchev–Trinajstić information content (AvgIpc) is 1.75. The maximum absolute atomic E-state index is 14.2. The zero-order valence-corrected chi connectivity index (χ0v) is 61.4. The van der Waals surface area contributed by atoms with E-state index in [0.29, 0.717) is 5.56 Å². The first-order valence-electron chi connectivity index (χ1n) is 34.2. The van der Waals surface area contributed by atoms with Gasteiger partial charge in [-0.25, -0.2) is 4.79 Å². The van der Waals surface area contributed by atoms with Crippen LogP contribution in [-0.2, 0) is 89.6 Å². The van der Waals surface area contributed by atoms with E-state index in [1.165, 1.54) is 18.7 Å². The Kier molecular flexibility index (Phi) is 35.7. The standard InChI is InChI=1S/C68H99N15O20S2/c1-33(2)27-46(79-62(96)47(28-38-15-10-9-11-16-38)78-58(92)41(69)29-39-31-71-42-18-13-12-17-40(39)42)61(95)80-49(32-104)64(98)82-55(37(7)84)66(100)73-36(6)56(90)74-44(24-26-105-8)60(94)75-43(21-23-52(86)87)59(93)72-35(5)57(91)77-48(30-53(88)89)63(97)76-45(20-22-51(70)85)67(101)83-25-14-19-50(83)65(99)81-54(34(3)4)68(102)103/h9-13,15-18,31,33-37,41,43-50,54-55,71,84,104H,14,19-30,32,69H2,1-8H3,(H2,70,85)(H,72,93)(H,73,100)(H,74,90)(H,75,94)(H,76,97)(H,77,91)(H,78,92)(H,79,96)(H,80,95)(H,81,99)(H,82,98)(H,86,87)(H,88,89)(H,102,103)/t35-,36-,37+,41-,43-,44-,45-,46-,47-,48-,49-,50-,54-,55-/m0/s1. The third-order valence-electron chi connectivity index (χ3n) is 17.0. The Hall–Kier alpha value is -9.88. The topological polar surface area (TPSA) is 557 Å². The van der Waals surface area contributed by atoms with Gasteiger partial charge in [-0.1, -0.05) is 76.2 Å². The van der Waals surface area contributed by atoms with Crippen molar-refractivity contribution in [2.75, 3.05) is 24.3 Å². The van der Waals surface area contributed by atoms with Crippen LogP contribution in [0.15, 0.2) is 60.8 Å². The first kappa shape index (κ1) is 87.5. The van der Waals surface area contributed by atoms with Gasteiger partial charge in [0.15, 0.2) is 0 Å². The third kappa shape index (κ3) is 28.3. The molecule has 3 aromatic rings. The number of benzene rings is 2. The van der Waals surface area contributed by atoms with Crippen molar-refractivity contribution in [2.24, 2.45) is 23.3 Å². The summed E-state index contributed by atoms with van der Waals surface area (Å²) in [6.45, 7) is 10.0. The predicted octanol–water partition coefficient (Wildman–Crippen LogP) is -2.90. The molecule has 20 N–H and O–H groups in total. The first-order valence-corrected chi connectivity index (χ1v) is 36.2. The summed E-state index contributed by atoms with van der Waals surface area (Å²) in [5.41, 5.74) is 14.1. The molecule has 0 saturated carbocycles. The van der Waals surface area contributed by atoms with E-state index in [4.69, 9.17) is 11.5 Å². The number of carboxylic acid groups (broad SMARTS) is 3. The summed E-state index contributed by atoms with van der Waals surface area (Å²) >= 11 is 5.49. The minimum absolute atomic E-state index is 0.000252. The van der Waals surface area contributed by atoms with Crippen LogP contribution in [0.1, 0.15) is 117 Å². The number of amides is 13. The van der Waals surface area contributed by atoms with Crippen LogP contribution in [0, 0.1) is 11.8 Å². The molecule has 1 aliphatic heterocycles. The van der Waals surface area contributed by atoms with Gasteiger partial charge in [0, 0.05) is 48.7 Å². The lowest BCUT2D eigenvalue weighted by Crippen LogP contribution is -2.62. The number of carboxylic acids is 3. The molecule has 37 heteroatoms. The van der Waals surface area contributed by atoms with Crippen LogP contribution < -0.4 is 70.0 Å². The molecule has 0 aliphatic carbocycles. The fourth-order valence-electron chi connectivity index (χ4n) is 11.2. The van der Waals surface area contributed by atoms with Crippen LogP contribution in [0.3, 0.4) is 0 Å². The normalized spacial score (nSPS) is 16.4. The summed E-state index contributed by atoms with van der Waals surface area (Å²) in [4.78, 5) is 218. The van der Waals surface area contributed by atoms with Crippen molar-refractivity contribution in [3.63, 3.8) is 0 Å². The highest BCUT2D eigenvalue weighted by Gasteiger charge is 2.42. The molecule has 13 amide bonds. The lowest BCUT2D eigenvalue weighted by molar-refractivity contribution is -0.146. The highest BCUT2D eigenvalue weighted by Crippen LogP contribution is 2.22. The number of nitrogens with one attached hydrogen (secondary N) is 12. The molecule has 1 aromatic heterocycles. The Labute approximate surface area is 616 Å². The molecular weight excluding hydrogens is 1410 g/mol. The van der Waals surface area contributed by atoms with Gasteiger partial charge in [0.25, 0.3) is 0 Å². The number of H-pyrrole nitrogens is 1. The molecule has 1 saturated heterocycles. The zero-order valence-electron chi connectivity index (χ0n) is 59.7. The van der Waals surface area contributed by atoms with Crippen molar-refractivity contribution in [3.05, 3.63) is 71.9 Å². The van der Waals surface area contributed by atoms with Crippen LogP contribution in [0.2, 0.25) is 0 Å². The van der Waals surface area contributed by atoms with Crippen molar-refractivity contribution in [2.45, 2.75) is 204 Å². The molecule has 14 atom stereocenters. The van der Waals surface area contributed by atoms with Gasteiger partial charge in [0.05, 0.1) is 18.6 Å². The average molecular weight is 1510 g/mol. The van der Waals surface area contributed by atoms with Crippen molar-refractivity contribution in [3.8, 4) is 0 Å². The van der Waals surface area contributed by atoms with Crippen molar-refractivity contribution >= 4 is 130 Å². The molecule has 35 nitrogen and oxygen atoms in total. The van der Waals surface area contributed by atoms with Gasteiger partial charge in [-0.3, -0.25) is 71.9 Å². The molecule has 1 aliphatic rings. The lowest BCUT2D eigenvalue weighted by atomic mass is 10.00. The van der Waals surface area contributed by atoms with Crippen LogP contribution in [0.25, 0.3) is 10.9 Å². The largest absolute Gasteiger partial charge is 0.481 e. The maximum atomic E-state index is 14.2. The number of aromatic amines is 1. The van der Waals surface area contributed by atoms with Crippen molar-refractivity contribution in [1.29, 1.82) is 0 Å². The molecule has 105 heavy (non-hydrogen) atoms. The number of nitrogens with zero attached hydrogens (tertiary/aromatic N) is 1. The number of carbonyl (C=O) groups is 16. The van der Waals surface area contributed by atoms with Gasteiger partial charge in [-0.15, -0.1) is 0 Å². The van der Waals surface area contributed by atoms with Gasteiger partial charge >= 0.3 is 17.9 Å². The number of aliphatic hydroxyl groups is 1. The van der Waals surface area contributed by atoms with Crippen LogP contribution in [0.5, 0.6) is 0 Å². The summed E-state index contributed by atoms with van der Waals surface area (Å²) in [5, 5.41) is 67.4. The van der Waals surface area contributed by atoms with E-state index in [1.54, 1.807) is 70.5 Å². The lowest BCUT2D eigenvalue weighted by Gasteiger charge is -2.30. The number of aliphatic hydroxyl groups excluding tert-OH is 1. The number of fused-ring (bicyclic) bond motifs is 1. The molecule has 578 valence electrons.